The van der Waals surface area contributed by atoms with Gasteiger partial charge in [-0.1, -0.05) is 27.7 Å². The molecule has 0 radical (unpaired) electrons. The minimum absolute atomic E-state index is 0.0112. The Labute approximate surface area is 103 Å². The van der Waals surface area contributed by atoms with Gasteiger partial charge in [-0.15, -0.1) is 0 Å². The maximum atomic E-state index is 12.0. The van der Waals surface area contributed by atoms with Crippen molar-refractivity contribution in [1.29, 1.82) is 0 Å². The van der Waals surface area contributed by atoms with Crippen LogP contribution < -0.4 is 0 Å². The van der Waals surface area contributed by atoms with Crippen LogP contribution in [-0.4, -0.2) is 35.5 Å². The van der Waals surface area contributed by atoms with E-state index in [1.165, 1.54) is 11.8 Å². The number of amides is 1. The van der Waals surface area contributed by atoms with E-state index in [-0.39, 0.29) is 35.7 Å². The van der Waals surface area contributed by atoms with Gasteiger partial charge >= 0.3 is 0 Å². The Morgan fingerprint density at radius 3 is 1.76 bits per heavy atom. The van der Waals surface area contributed by atoms with E-state index >= 15 is 0 Å². The number of hydrogen-bond acceptors (Lipinski definition) is 3. The van der Waals surface area contributed by atoms with Crippen LogP contribution in [0.25, 0.3) is 0 Å². The zero-order chi connectivity index (χ0) is 13.7. The van der Waals surface area contributed by atoms with Crippen molar-refractivity contribution in [3.05, 3.63) is 0 Å². The third kappa shape index (κ3) is 4.67. The smallest absolute Gasteiger partial charge is 0.219 e. The molecule has 1 atom stereocenters. The van der Waals surface area contributed by atoms with Crippen LogP contribution >= 0.6 is 0 Å². The Balaban J connectivity index is 4.93. The third-order valence-corrected chi connectivity index (χ3v) is 2.90. The first-order chi connectivity index (χ1) is 7.68. The summed E-state index contributed by atoms with van der Waals surface area (Å²) in [6.45, 7) is 8.56. The minimum atomic E-state index is -0.623. The van der Waals surface area contributed by atoms with Crippen molar-refractivity contribution in [3.8, 4) is 0 Å². The predicted octanol–water partition coefficient (Wildman–Crippen LogP) is 1.67. The highest BCUT2D eigenvalue weighted by molar-refractivity contribution is 5.94. The Hall–Kier alpha value is -1.19. The van der Waals surface area contributed by atoms with Gasteiger partial charge in [-0.05, 0) is 0 Å². The fourth-order valence-corrected chi connectivity index (χ4v) is 1.46. The van der Waals surface area contributed by atoms with Crippen molar-refractivity contribution in [2.75, 3.05) is 7.05 Å². The number of nitrogens with zero attached hydrogens (tertiary/aromatic N) is 1. The zero-order valence-electron chi connectivity index (χ0n) is 11.6. The Bertz CT molecular complexity index is 308. The fourth-order valence-electron chi connectivity index (χ4n) is 1.46. The zero-order valence-corrected chi connectivity index (χ0v) is 11.6. The molecule has 0 aromatic heterocycles. The molecule has 0 N–H and O–H groups in total. The van der Waals surface area contributed by atoms with Gasteiger partial charge < -0.3 is 4.90 Å². The summed E-state index contributed by atoms with van der Waals surface area (Å²) >= 11 is 0. The van der Waals surface area contributed by atoms with Gasteiger partial charge in [0.2, 0.25) is 5.91 Å². The van der Waals surface area contributed by atoms with E-state index < -0.39 is 6.04 Å². The van der Waals surface area contributed by atoms with E-state index in [0.29, 0.717) is 0 Å². The van der Waals surface area contributed by atoms with Gasteiger partial charge in [0.25, 0.3) is 0 Å². The second-order valence-corrected chi connectivity index (χ2v) is 5.03. The number of likely N-dealkylation sites (N-methyl/N-ethyl adjacent to an activating group) is 1. The molecule has 0 aromatic carbocycles. The average Bonchev–Trinajstić information content (AvgIpc) is 2.22. The average molecular weight is 241 g/mol. The summed E-state index contributed by atoms with van der Waals surface area (Å²) in [5.41, 5.74) is 0. The van der Waals surface area contributed by atoms with Crippen LogP contribution in [0, 0.1) is 11.8 Å². The van der Waals surface area contributed by atoms with Crippen LogP contribution in [0.15, 0.2) is 0 Å². The third-order valence-electron chi connectivity index (χ3n) is 2.90. The standard InChI is InChI=1S/C13H23NO3/c1-8(2)12(16)7-11(13(17)9(3)4)14(6)10(5)15/h8-9,11H,7H2,1-6H3. The van der Waals surface area contributed by atoms with Crippen molar-refractivity contribution >= 4 is 17.5 Å². The van der Waals surface area contributed by atoms with Crippen molar-refractivity contribution in [2.24, 2.45) is 11.8 Å². The Morgan fingerprint density at radius 1 is 1.00 bits per heavy atom. The molecule has 4 heteroatoms. The molecule has 0 aromatic rings. The maximum absolute atomic E-state index is 12.0. The second kappa shape index (κ2) is 6.52. The van der Waals surface area contributed by atoms with E-state index in [2.05, 4.69) is 0 Å². The lowest BCUT2D eigenvalue weighted by molar-refractivity contribution is -0.140. The van der Waals surface area contributed by atoms with Crippen LogP contribution in [0.4, 0.5) is 0 Å². The van der Waals surface area contributed by atoms with E-state index in [1.54, 1.807) is 34.7 Å². The number of hydrogen-bond donors (Lipinski definition) is 0. The molecule has 0 heterocycles. The van der Waals surface area contributed by atoms with Crippen molar-refractivity contribution in [2.45, 2.75) is 47.1 Å². The first-order valence-electron chi connectivity index (χ1n) is 5.98. The quantitative estimate of drug-likeness (QED) is 0.711. The van der Waals surface area contributed by atoms with Crippen LogP contribution in [0.5, 0.6) is 0 Å². The molecule has 0 saturated heterocycles. The molecule has 0 rings (SSSR count). The molecule has 0 fully saturated rings. The van der Waals surface area contributed by atoms with Crippen LogP contribution in [0.1, 0.15) is 41.0 Å². The summed E-state index contributed by atoms with van der Waals surface area (Å²) in [4.78, 5) is 36.4. The topological polar surface area (TPSA) is 54.5 Å². The van der Waals surface area contributed by atoms with Gasteiger partial charge in [0.15, 0.2) is 5.78 Å². The number of carbonyl (C=O) groups is 3. The Kier molecular flexibility index (Phi) is 6.07. The Morgan fingerprint density at radius 2 is 1.47 bits per heavy atom. The van der Waals surface area contributed by atoms with E-state index in [1.807, 2.05) is 0 Å². The lowest BCUT2D eigenvalue weighted by Crippen LogP contribution is -2.44. The highest BCUT2D eigenvalue weighted by Gasteiger charge is 2.29. The summed E-state index contributed by atoms with van der Waals surface area (Å²) in [6, 6.07) is -0.623. The van der Waals surface area contributed by atoms with Gasteiger partial charge in [-0.25, -0.2) is 0 Å². The summed E-state index contributed by atoms with van der Waals surface area (Å²) in [5.74, 6) is -0.533. The molecule has 0 aliphatic heterocycles. The first kappa shape index (κ1) is 15.8. The number of carbonyl (C=O) groups excluding carboxylic acids is 3. The minimum Gasteiger partial charge on any atom is -0.335 e. The molecule has 0 spiro atoms. The second-order valence-electron chi connectivity index (χ2n) is 5.03. The van der Waals surface area contributed by atoms with E-state index in [4.69, 9.17) is 0 Å². The van der Waals surface area contributed by atoms with E-state index in [9.17, 15) is 14.4 Å². The normalized spacial score (nSPS) is 12.7. The molecular formula is C13H23NO3. The molecule has 98 valence electrons. The summed E-state index contributed by atoms with van der Waals surface area (Å²) in [7, 11) is 1.57. The maximum Gasteiger partial charge on any atom is 0.219 e. The molecule has 0 bridgehead atoms. The van der Waals surface area contributed by atoms with E-state index in [0.717, 1.165) is 0 Å². The number of ketones is 2. The van der Waals surface area contributed by atoms with Crippen molar-refractivity contribution in [1.82, 2.24) is 4.90 Å². The SMILES string of the molecule is CC(=O)N(C)C(CC(=O)C(C)C)C(=O)C(C)C. The largest absolute Gasteiger partial charge is 0.335 e. The van der Waals surface area contributed by atoms with Crippen LogP contribution in [0.3, 0.4) is 0 Å². The monoisotopic (exact) mass is 241 g/mol. The lowest BCUT2D eigenvalue weighted by atomic mass is 9.93. The van der Waals surface area contributed by atoms with Crippen LogP contribution in [-0.2, 0) is 14.4 Å². The first-order valence-corrected chi connectivity index (χ1v) is 5.98. The fraction of sp³-hybridized carbons (Fsp3) is 0.769. The number of Topliss-reactive ketones (excluding diaryl/α,β-unsaturated/α-hetero) is 2. The molecule has 1 unspecified atom stereocenters. The number of rotatable bonds is 6. The summed E-state index contributed by atoms with van der Waals surface area (Å²) in [6.07, 6.45) is 0.116. The van der Waals surface area contributed by atoms with Gasteiger partial charge in [0.1, 0.15) is 5.78 Å². The van der Waals surface area contributed by atoms with Gasteiger partial charge in [0.05, 0.1) is 6.04 Å². The summed E-state index contributed by atoms with van der Waals surface area (Å²) in [5, 5.41) is 0. The highest BCUT2D eigenvalue weighted by Crippen LogP contribution is 2.13. The lowest BCUT2D eigenvalue weighted by Gasteiger charge is -2.27. The molecule has 0 saturated carbocycles. The predicted molar refractivity (Wildman–Crippen MR) is 66.5 cm³/mol. The molecule has 4 nitrogen and oxygen atoms in total. The molecule has 17 heavy (non-hydrogen) atoms. The van der Waals surface area contributed by atoms with Gasteiger partial charge in [-0.3, -0.25) is 14.4 Å². The summed E-state index contributed by atoms with van der Waals surface area (Å²) < 4.78 is 0. The van der Waals surface area contributed by atoms with Crippen LogP contribution in [0.2, 0.25) is 0 Å². The molecular weight excluding hydrogens is 218 g/mol. The van der Waals surface area contributed by atoms with Crippen molar-refractivity contribution < 1.29 is 14.4 Å². The van der Waals surface area contributed by atoms with Gasteiger partial charge in [0, 0.05) is 32.2 Å². The van der Waals surface area contributed by atoms with Gasteiger partial charge in [-0.2, -0.15) is 0 Å². The van der Waals surface area contributed by atoms with Crippen molar-refractivity contribution in [3.63, 3.8) is 0 Å². The molecule has 0 aliphatic rings. The molecule has 0 aliphatic carbocycles. The molecule has 1 amide bonds. The highest BCUT2D eigenvalue weighted by atomic mass is 16.2.